The maximum absolute atomic E-state index is 5.00. The van der Waals surface area contributed by atoms with Gasteiger partial charge in [-0.1, -0.05) is 0 Å². The molecule has 0 unspecified atom stereocenters. The van der Waals surface area contributed by atoms with Gasteiger partial charge in [-0.2, -0.15) is 0 Å². The van der Waals surface area contributed by atoms with Crippen LogP contribution in [0.25, 0.3) is 0 Å². The molecule has 86 valence electrons. The molecule has 0 amide bonds. The Kier molecular flexibility index (Phi) is 3.74. The van der Waals surface area contributed by atoms with E-state index in [0.29, 0.717) is 0 Å². The van der Waals surface area contributed by atoms with E-state index in [9.17, 15) is 0 Å². The second-order valence-corrected chi connectivity index (χ2v) is 5.10. The quantitative estimate of drug-likeness (QED) is 0.811. The van der Waals surface area contributed by atoms with Crippen molar-refractivity contribution < 1.29 is 4.42 Å². The largest absolute Gasteiger partial charge is 0.472 e. The third-order valence-corrected chi connectivity index (χ3v) is 3.63. The van der Waals surface area contributed by atoms with Crippen molar-refractivity contribution in [2.75, 3.05) is 6.54 Å². The molecule has 0 aliphatic carbocycles. The average molecular weight is 236 g/mol. The lowest BCUT2D eigenvalue weighted by molar-refractivity contribution is 0.560. The first-order chi connectivity index (χ1) is 7.75. The van der Waals surface area contributed by atoms with E-state index < -0.39 is 0 Å². The minimum absolute atomic E-state index is 0.861. The fourth-order valence-corrected chi connectivity index (χ4v) is 2.40. The smallest absolute Gasteiger partial charge is 0.0947 e. The molecule has 0 aliphatic rings. The molecule has 2 heterocycles. The Morgan fingerprint density at radius 3 is 2.94 bits per heavy atom. The van der Waals surface area contributed by atoms with Crippen LogP contribution in [0.4, 0.5) is 0 Å². The van der Waals surface area contributed by atoms with Crippen LogP contribution in [0.1, 0.15) is 21.1 Å². The van der Waals surface area contributed by atoms with Crippen molar-refractivity contribution in [3.63, 3.8) is 0 Å². The van der Waals surface area contributed by atoms with Gasteiger partial charge in [0.1, 0.15) is 0 Å². The molecule has 0 saturated carbocycles. The summed E-state index contributed by atoms with van der Waals surface area (Å²) in [6.07, 6.45) is 4.46. The summed E-state index contributed by atoms with van der Waals surface area (Å²) in [7, 11) is 0. The minimum Gasteiger partial charge on any atom is -0.472 e. The second-order valence-electron chi connectivity index (χ2n) is 3.81. The lowest BCUT2D eigenvalue weighted by atomic mass is 10.3. The van der Waals surface area contributed by atoms with Crippen LogP contribution in [0.5, 0.6) is 0 Å². The lowest BCUT2D eigenvalue weighted by Crippen LogP contribution is -2.16. The predicted molar refractivity (Wildman–Crippen MR) is 65.7 cm³/mol. The molecule has 0 atom stereocenters. The molecule has 0 aliphatic heterocycles. The van der Waals surface area contributed by atoms with Gasteiger partial charge in [0.05, 0.1) is 23.2 Å². The number of nitrogens with zero attached hydrogens (tertiary/aromatic N) is 1. The molecule has 0 spiro atoms. The van der Waals surface area contributed by atoms with Gasteiger partial charge in [-0.25, -0.2) is 4.98 Å². The van der Waals surface area contributed by atoms with Crippen LogP contribution in [-0.2, 0) is 13.0 Å². The van der Waals surface area contributed by atoms with E-state index in [-0.39, 0.29) is 0 Å². The van der Waals surface area contributed by atoms with Crippen molar-refractivity contribution in [2.45, 2.75) is 26.8 Å². The Labute approximate surface area is 99.5 Å². The maximum atomic E-state index is 5.00. The molecule has 3 nitrogen and oxygen atoms in total. The number of aryl methyl sites for hydroxylation is 2. The molecule has 0 fully saturated rings. The molecular formula is C12H16N2OS. The summed E-state index contributed by atoms with van der Waals surface area (Å²) in [5, 5.41) is 4.59. The summed E-state index contributed by atoms with van der Waals surface area (Å²) in [4.78, 5) is 5.83. The molecular weight excluding hydrogens is 220 g/mol. The van der Waals surface area contributed by atoms with E-state index >= 15 is 0 Å². The van der Waals surface area contributed by atoms with Crippen LogP contribution in [0, 0.1) is 13.8 Å². The highest BCUT2D eigenvalue weighted by molar-refractivity contribution is 7.11. The van der Waals surface area contributed by atoms with E-state index in [1.807, 2.05) is 6.07 Å². The monoisotopic (exact) mass is 236 g/mol. The van der Waals surface area contributed by atoms with Gasteiger partial charge < -0.3 is 9.73 Å². The molecule has 1 N–H and O–H groups in total. The molecule has 16 heavy (non-hydrogen) atoms. The summed E-state index contributed by atoms with van der Waals surface area (Å²) in [6, 6.07) is 1.98. The molecule has 2 aromatic heterocycles. The number of aromatic nitrogens is 1. The number of furan rings is 1. The van der Waals surface area contributed by atoms with E-state index in [2.05, 4.69) is 24.1 Å². The SMILES string of the molecule is Cc1nc(CCNCc2ccoc2)sc1C. The third-order valence-electron chi connectivity index (χ3n) is 2.50. The van der Waals surface area contributed by atoms with E-state index in [4.69, 9.17) is 4.42 Å². The first-order valence-electron chi connectivity index (χ1n) is 5.40. The highest BCUT2D eigenvalue weighted by Gasteiger charge is 2.02. The third kappa shape index (κ3) is 2.93. The van der Waals surface area contributed by atoms with E-state index in [1.165, 1.54) is 15.4 Å². The first kappa shape index (κ1) is 11.4. The van der Waals surface area contributed by atoms with Gasteiger partial charge >= 0.3 is 0 Å². The van der Waals surface area contributed by atoms with Crippen LogP contribution in [0.2, 0.25) is 0 Å². The molecule has 0 bridgehead atoms. The van der Waals surface area contributed by atoms with Crippen molar-refractivity contribution >= 4 is 11.3 Å². The zero-order chi connectivity index (χ0) is 11.4. The molecule has 0 saturated heterocycles. The van der Waals surface area contributed by atoms with Gasteiger partial charge in [0.2, 0.25) is 0 Å². The Morgan fingerprint density at radius 1 is 1.44 bits per heavy atom. The Hall–Kier alpha value is -1.13. The van der Waals surface area contributed by atoms with Crippen molar-refractivity contribution in [1.29, 1.82) is 0 Å². The second kappa shape index (κ2) is 5.27. The number of rotatable bonds is 5. The zero-order valence-electron chi connectivity index (χ0n) is 9.62. The van der Waals surface area contributed by atoms with E-state index in [0.717, 1.165) is 25.2 Å². The van der Waals surface area contributed by atoms with Crippen LogP contribution < -0.4 is 5.32 Å². The van der Waals surface area contributed by atoms with Gasteiger partial charge in [-0.3, -0.25) is 0 Å². The lowest BCUT2D eigenvalue weighted by Gasteiger charge is -2.00. The number of nitrogens with one attached hydrogen (secondary N) is 1. The van der Waals surface area contributed by atoms with Crippen LogP contribution in [0.15, 0.2) is 23.0 Å². The number of hydrogen-bond acceptors (Lipinski definition) is 4. The van der Waals surface area contributed by atoms with Crippen molar-refractivity contribution in [2.24, 2.45) is 0 Å². The Morgan fingerprint density at radius 2 is 2.31 bits per heavy atom. The highest BCUT2D eigenvalue weighted by Crippen LogP contribution is 2.16. The maximum Gasteiger partial charge on any atom is 0.0947 e. The van der Waals surface area contributed by atoms with Crippen molar-refractivity contribution in [3.8, 4) is 0 Å². The van der Waals surface area contributed by atoms with E-state index in [1.54, 1.807) is 23.9 Å². The van der Waals surface area contributed by atoms with Crippen LogP contribution in [0.3, 0.4) is 0 Å². The highest BCUT2D eigenvalue weighted by atomic mass is 32.1. The zero-order valence-corrected chi connectivity index (χ0v) is 10.4. The fraction of sp³-hybridized carbons (Fsp3) is 0.417. The van der Waals surface area contributed by atoms with Gasteiger partial charge in [0.25, 0.3) is 0 Å². The summed E-state index contributed by atoms with van der Waals surface area (Å²) in [5.74, 6) is 0. The molecule has 2 aromatic rings. The summed E-state index contributed by atoms with van der Waals surface area (Å²) < 4.78 is 5.00. The Bertz CT molecular complexity index is 414. The van der Waals surface area contributed by atoms with Crippen LogP contribution in [-0.4, -0.2) is 11.5 Å². The van der Waals surface area contributed by atoms with Crippen molar-refractivity contribution in [3.05, 3.63) is 39.7 Å². The molecule has 4 heteroatoms. The first-order valence-corrected chi connectivity index (χ1v) is 6.22. The molecule has 2 rings (SSSR count). The minimum atomic E-state index is 0.861. The Balaban J connectivity index is 1.72. The van der Waals surface area contributed by atoms with Gasteiger partial charge in [0.15, 0.2) is 0 Å². The van der Waals surface area contributed by atoms with Gasteiger partial charge in [-0.05, 0) is 19.9 Å². The van der Waals surface area contributed by atoms with Gasteiger partial charge in [-0.15, -0.1) is 11.3 Å². The average Bonchev–Trinajstić information content (AvgIpc) is 2.85. The standard InChI is InChI=1S/C12H16N2OS/c1-9-10(2)16-12(14-9)3-5-13-7-11-4-6-15-8-11/h4,6,8,13H,3,5,7H2,1-2H3. The fourth-order valence-electron chi connectivity index (χ4n) is 1.47. The number of hydrogen-bond donors (Lipinski definition) is 1. The number of thiazole rings is 1. The van der Waals surface area contributed by atoms with Crippen LogP contribution >= 0.6 is 11.3 Å². The summed E-state index contributed by atoms with van der Waals surface area (Å²) in [5.41, 5.74) is 2.35. The summed E-state index contributed by atoms with van der Waals surface area (Å²) >= 11 is 1.79. The molecule has 0 aromatic carbocycles. The predicted octanol–water partition coefficient (Wildman–Crippen LogP) is 2.69. The topological polar surface area (TPSA) is 38.1 Å². The normalized spacial score (nSPS) is 10.9. The summed E-state index contributed by atoms with van der Waals surface area (Å²) in [6.45, 7) is 6.00. The van der Waals surface area contributed by atoms with Gasteiger partial charge in [0, 0.05) is 30.0 Å². The van der Waals surface area contributed by atoms with Crippen molar-refractivity contribution in [1.82, 2.24) is 10.3 Å². The molecule has 0 radical (unpaired) electrons.